The van der Waals surface area contributed by atoms with Crippen LogP contribution in [-0.2, 0) is 14.3 Å². The Kier molecular flexibility index (Phi) is 7.73. The number of carbonyl (C=O) groups is 3. The minimum Gasteiger partial charge on any atom is -0.507 e. The SMILES string of the molecule is CCCOc1ccc(/C(O)=C2\C(=O)C(=O)N(c3nc(C)c(C(=O)OCC)s3)C2c2ccc(C)cc2)cc1. The van der Waals surface area contributed by atoms with Crippen LogP contribution >= 0.6 is 11.3 Å². The smallest absolute Gasteiger partial charge is 0.350 e. The van der Waals surface area contributed by atoms with Crippen molar-refractivity contribution < 1.29 is 29.0 Å². The molecule has 2 aromatic carbocycles. The maximum atomic E-state index is 13.4. The highest BCUT2D eigenvalue weighted by Gasteiger charge is 2.48. The minimum absolute atomic E-state index is 0.0541. The Morgan fingerprint density at radius 2 is 1.73 bits per heavy atom. The molecular weight excluding hydrogens is 492 g/mol. The molecule has 1 saturated heterocycles. The number of aryl methyl sites for hydroxylation is 2. The Balaban J connectivity index is 1.84. The average molecular weight is 521 g/mol. The van der Waals surface area contributed by atoms with E-state index in [0.29, 0.717) is 29.2 Å². The molecule has 1 amide bonds. The van der Waals surface area contributed by atoms with Crippen molar-refractivity contribution in [1.82, 2.24) is 4.98 Å². The number of aromatic nitrogens is 1. The van der Waals surface area contributed by atoms with Gasteiger partial charge < -0.3 is 14.6 Å². The number of rotatable bonds is 8. The van der Waals surface area contributed by atoms with E-state index in [1.54, 1.807) is 50.2 Å². The number of hydrogen-bond donors (Lipinski definition) is 1. The number of amides is 1. The normalized spacial score (nSPS) is 16.8. The van der Waals surface area contributed by atoms with Crippen molar-refractivity contribution in [3.8, 4) is 5.75 Å². The first-order valence-electron chi connectivity index (χ1n) is 12.0. The fourth-order valence-corrected chi connectivity index (χ4v) is 5.04. The standard InChI is InChI=1S/C28H28N2O6S/c1-5-15-36-20-13-11-19(12-14-20)23(31)21-22(18-9-7-16(3)8-10-18)30(26(33)24(21)32)28-29-17(4)25(37-28)27(34)35-6-2/h7-14,22,31H,5-6,15H2,1-4H3/b23-21+. The molecule has 1 unspecified atom stereocenters. The Morgan fingerprint density at radius 1 is 1.05 bits per heavy atom. The van der Waals surface area contributed by atoms with E-state index >= 15 is 0 Å². The van der Waals surface area contributed by atoms with E-state index < -0.39 is 23.7 Å². The lowest BCUT2D eigenvalue weighted by Crippen LogP contribution is -2.29. The third-order valence-corrected chi connectivity index (χ3v) is 7.03. The van der Waals surface area contributed by atoms with Crippen molar-refractivity contribution in [2.24, 2.45) is 0 Å². The van der Waals surface area contributed by atoms with Crippen LogP contribution in [0.5, 0.6) is 5.75 Å². The molecule has 1 N–H and O–H groups in total. The van der Waals surface area contributed by atoms with Gasteiger partial charge in [-0.2, -0.15) is 0 Å². The first kappa shape index (κ1) is 26.1. The van der Waals surface area contributed by atoms with Gasteiger partial charge in [-0.15, -0.1) is 0 Å². The van der Waals surface area contributed by atoms with Gasteiger partial charge in [0.2, 0.25) is 0 Å². The molecule has 9 heteroatoms. The first-order valence-corrected chi connectivity index (χ1v) is 12.8. The summed E-state index contributed by atoms with van der Waals surface area (Å²) in [6.07, 6.45) is 0.857. The third-order valence-electron chi connectivity index (χ3n) is 5.89. The molecule has 1 atom stereocenters. The zero-order valence-electron chi connectivity index (χ0n) is 21.1. The summed E-state index contributed by atoms with van der Waals surface area (Å²) in [5.41, 5.74) is 2.34. The van der Waals surface area contributed by atoms with Gasteiger partial charge in [0.15, 0.2) is 5.13 Å². The fourth-order valence-electron chi connectivity index (χ4n) is 4.05. The summed E-state index contributed by atoms with van der Waals surface area (Å²) in [5.74, 6) is -1.87. The van der Waals surface area contributed by atoms with Crippen LogP contribution in [0, 0.1) is 13.8 Å². The zero-order chi connectivity index (χ0) is 26.7. The molecule has 4 rings (SSSR count). The van der Waals surface area contributed by atoms with Gasteiger partial charge in [0.05, 0.1) is 30.5 Å². The van der Waals surface area contributed by atoms with Crippen LogP contribution in [0.1, 0.15) is 58.4 Å². The number of thiazole rings is 1. The molecule has 3 aromatic rings. The molecule has 0 aliphatic carbocycles. The second-order valence-electron chi connectivity index (χ2n) is 8.58. The molecule has 1 fully saturated rings. The lowest BCUT2D eigenvalue weighted by molar-refractivity contribution is -0.132. The maximum absolute atomic E-state index is 13.4. The predicted octanol–water partition coefficient (Wildman–Crippen LogP) is 5.35. The Bertz CT molecular complexity index is 1360. The number of esters is 1. The molecule has 8 nitrogen and oxygen atoms in total. The first-order chi connectivity index (χ1) is 17.8. The number of benzene rings is 2. The highest BCUT2D eigenvalue weighted by molar-refractivity contribution is 7.17. The molecule has 1 aromatic heterocycles. The van der Waals surface area contributed by atoms with Crippen LogP contribution in [0.15, 0.2) is 54.1 Å². The molecule has 0 radical (unpaired) electrons. The minimum atomic E-state index is -0.933. The maximum Gasteiger partial charge on any atom is 0.350 e. The summed E-state index contributed by atoms with van der Waals surface area (Å²) in [6, 6.07) is 13.1. The Labute approximate surface area is 219 Å². The van der Waals surface area contributed by atoms with Crippen molar-refractivity contribution >= 4 is 39.9 Å². The number of nitrogens with zero attached hydrogens (tertiary/aromatic N) is 2. The van der Waals surface area contributed by atoms with E-state index in [0.717, 1.165) is 23.3 Å². The summed E-state index contributed by atoms with van der Waals surface area (Å²) >= 11 is 0.978. The summed E-state index contributed by atoms with van der Waals surface area (Å²) in [7, 11) is 0. The second-order valence-corrected chi connectivity index (χ2v) is 9.56. The summed E-state index contributed by atoms with van der Waals surface area (Å²) < 4.78 is 10.7. The third kappa shape index (κ3) is 5.13. The quantitative estimate of drug-likeness (QED) is 0.185. The van der Waals surface area contributed by atoms with E-state index in [1.165, 1.54) is 4.90 Å². The number of anilines is 1. The van der Waals surface area contributed by atoms with Crippen molar-refractivity contribution in [3.63, 3.8) is 0 Å². The van der Waals surface area contributed by atoms with Crippen LogP contribution in [-0.4, -0.2) is 41.0 Å². The number of hydrogen-bond acceptors (Lipinski definition) is 8. The fraction of sp³-hybridized carbons (Fsp3) is 0.286. The molecule has 0 spiro atoms. The van der Waals surface area contributed by atoms with Crippen molar-refractivity contribution in [3.05, 3.63) is 81.4 Å². The molecule has 192 valence electrons. The van der Waals surface area contributed by atoms with Crippen LogP contribution in [0.3, 0.4) is 0 Å². The highest BCUT2D eigenvalue weighted by Crippen LogP contribution is 2.44. The molecule has 0 bridgehead atoms. The predicted molar refractivity (Wildman–Crippen MR) is 141 cm³/mol. The number of ketones is 1. The van der Waals surface area contributed by atoms with Gasteiger partial charge in [0.1, 0.15) is 16.4 Å². The van der Waals surface area contributed by atoms with Crippen molar-refractivity contribution in [2.45, 2.75) is 40.2 Å². The van der Waals surface area contributed by atoms with E-state index in [1.807, 2.05) is 26.0 Å². The van der Waals surface area contributed by atoms with Gasteiger partial charge in [-0.05, 0) is 57.0 Å². The number of aliphatic hydroxyl groups is 1. The summed E-state index contributed by atoms with van der Waals surface area (Å²) in [5, 5.41) is 11.5. The van der Waals surface area contributed by atoms with E-state index in [-0.39, 0.29) is 27.9 Å². The monoisotopic (exact) mass is 520 g/mol. The number of Topliss-reactive ketones (excluding diaryl/α,β-unsaturated/α-hetero) is 1. The lowest BCUT2D eigenvalue weighted by Gasteiger charge is -2.23. The molecule has 1 aliphatic heterocycles. The van der Waals surface area contributed by atoms with E-state index in [4.69, 9.17) is 9.47 Å². The van der Waals surface area contributed by atoms with Gasteiger partial charge >= 0.3 is 11.9 Å². The number of ether oxygens (including phenoxy) is 2. The number of carbonyl (C=O) groups excluding carboxylic acids is 3. The van der Waals surface area contributed by atoms with Crippen LogP contribution < -0.4 is 9.64 Å². The number of aliphatic hydroxyl groups excluding tert-OH is 1. The van der Waals surface area contributed by atoms with Gasteiger partial charge in [-0.1, -0.05) is 48.1 Å². The highest BCUT2D eigenvalue weighted by atomic mass is 32.1. The molecule has 37 heavy (non-hydrogen) atoms. The summed E-state index contributed by atoms with van der Waals surface area (Å²) in [4.78, 5) is 45.0. The van der Waals surface area contributed by atoms with Crippen LogP contribution in [0.4, 0.5) is 5.13 Å². The van der Waals surface area contributed by atoms with Crippen LogP contribution in [0.2, 0.25) is 0 Å². The van der Waals surface area contributed by atoms with Gasteiger partial charge in [0.25, 0.3) is 5.78 Å². The lowest BCUT2D eigenvalue weighted by atomic mass is 9.95. The van der Waals surface area contributed by atoms with Crippen molar-refractivity contribution in [2.75, 3.05) is 18.1 Å². The molecular formula is C28H28N2O6S. The van der Waals surface area contributed by atoms with Gasteiger partial charge in [-0.25, -0.2) is 9.78 Å². The summed E-state index contributed by atoms with van der Waals surface area (Å²) in [6.45, 7) is 8.04. The molecule has 0 saturated carbocycles. The largest absolute Gasteiger partial charge is 0.507 e. The Hall–Kier alpha value is -3.98. The van der Waals surface area contributed by atoms with E-state index in [9.17, 15) is 19.5 Å². The molecule has 2 heterocycles. The van der Waals surface area contributed by atoms with Gasteiger partial charge in [-0.3, -0.25) is 14.5 Å². The van der Waals surface area contributed by atoms with Gasteiger partial charge in [0, 0.05) is 5.56 Å². The molecule has 1 aliphatic rings. The second kappa shape index (κ2) is 11.0. The van der Waals surface area contributed by atoms with Crippen LogP contribution in [0.25, 0.3) is 5.76 Å². The van der Waals surface area contributed by atoms with Crippen molar-refractivity contribution in [1.29, 1.82) is 0 Å². The van der Waals surface area contributed by atoms with E-state index in [2.05, 4.69) is 4.98 Å². The average Bonchev–Trinajstić information content (AvgIpc) is 3.40. The Morgan fingerprint density at radius 3 is 2.35 bits per heavy atom. The topological polar surface area (TPSA) is 106 Å². The zero-order valence-corrected chi connectivity index (χ0v) is 21.9.